The molecule has 1 aromatic heterocycles. The molecule has 0 atom stereocenters. The summed E-state index contributed by atoms with van der Waals surface area (Å²) in [5.74, 6) is 4.64. The van der Waals surface area contributed by atoms with Crippen LogP contribution in [0.15, 0.2) is 24.4 Å². The van der Waals surface area contributed by atoms with Gasteiger partial charge in [0, 0.05) is 6.20 Å². The minimum atomic E-state index is -0.270. The first-order valence-electron chi connectivity index (χ1n) is 3.93. The van der Waals surface area contributed by atoms with Gasteiger partial charge in [0.25, 0.3) is 5.91 Å². The zero-order valence-electron chi connectivity index (χ0n) is 7.37. The minimum absolute atomic E-state index is 0.270. The second-order valence-electron chi connectivity index (χ2n) is 2.38. The first kappa shape index (κ1) is 9.27. The Balaban J connectivity index is 2.43. The number of amides is 1. The van der Waals surface area contributed by atoms with Crippen molar-refractivity contribution in [3.8, 4) is 11.8 Å². The van der Waals surface area contributed by atoms with Crippen LogP contribution >= 0.6 is 0 Å². The lowest BCUT2D eigenvalue weighted by Gasteiger charge is -1.98. The maximum absolute atomic E-state index is 10.9. The third-order valence-electron chi connectivity index (χ3n) is 1.39. The van der Waals surface area contributed by atoms with Gasteiger partial charge in [0.05, 0.1) is 12.2 Å². The summed E-state index contributed by atoms with van der Waals surface area (Å²) in [7, 11) is 0. The number of aromatic nitrogens is 1. The molecule has 13 heavy (non-hydrogen) atoms. The summed E-state index contributed by atoms with van der Waals surface area (Å²) in [6.07, 6.45) is 1.69. The molecule has 0 aromatic carbocycles. The molecule has 3 nitrogen and oxygen atoms in total. The Morgan fingerprint density at radius 1 is 1.62 bits per heavy atom. The molecular weight excluding hydrogens is 164 g/mol. The molecule has 0 spiro atoms. The fourth-order valence-electron chi connectivity index (χ4n) is 0.831. The summed E-state index contributed by atoms with van der Waals surface area (Å²) in [4.78, 5) is 15.0. The number of nitrogens with one attached hydrogen (secondary N) is 1. The predicted octanol–water partition coefficient (Wildman–Crippen LogP) is 0.721. The summed E-state index contributed by atoms with van der Waals surface area (Å²) >= 11 is 0. The van der Waals surface area contributed by atoms with Crippen LogP contribution in [0.2, 0.25) is 0 Å². The Morgan fingerprint density at radius 3 is 3.08 bits per heavy atom. The van der Waals surface area contributed by atoms with E-state index in [1.165, 1.54) is 0 Å². The van der Waals surface area contributed by atoms with Crippen LogP contribution in [0.1, 0.15) is 12.6 Å². The van der Waals surface area contributed by atoms with E-state index in [1.807, 2.05) is 18.2 Å². The number of rotatable bonds is 2. The number of carbonyl (C=O) groups excluding carboxylic acids is 1. The summed E-state index contributed by atoms with van der Waals surface area (Å²) < 4.78 is 0. The standard InChI is InChI=1S/C10H10N2O/c1-2-5-10(13)12-8-9-6-3-4-7-11-9/h3-4,6-7H,8H2,1H3,(H,12,13). The van der Waals surface area contributed by atoms with E-state index < -0.39 is 0 Å². The van der Waals surface area contributed by atoms with E-state index in [4.69, 9.17) is 0 Å². The summed E-state index contributed by atoms with van der Waals surface area (Å²) in [6.45, 7) is 2.05. The number of hydrogen-bond donors (Lipinski definition) is 1. The molecule has 1 rings (SSSR count). The van der Waals surface area contributed by atoms with Crippen LogP contribution in [0.5, 0.6) is 0 Å². The zero-order valence-corrected chi connectivity index (χ0v) is 7.37. The number of carbonyl (C=O) groups is 1. The highest BCUT2D eigenvalue weighted by Crippen LogP contribution is 1.91. The van der Waals surface area contributed by atoms with Crippen LogP contribution in [0, 0.1) is 11.8 Å². The van der Waals surface area contributed by atoms with Crippen molar-refractivity contribution in [1.82, 2.24) is 10.3 Å². The van der Waals surface area contributed by atoms with Crippen molar-refractivity contribution in [3.63, 3.8) is 0 Å². The molecule has 0 unspecified atom stereocenters. The smallest absolute Gasteiger partial charge is 0.296 e. The van der Waals surface area contributed by atoms with Gasteiger partial charge in [-0.3, -0.25) is 9.78 Å². The largest absolute Gasteiger partial charge is 0.340 e. The topological polar surface area (TPSA) is 42.0 Å². The molecule has 1 N–H and O–H groups in total. The monoisotopic (exact) mass is 174 g/mol. The van der Waals surface area contributed by atoms with E-state index in [9.17, 15) is 4.79 Å². The van der Waals surface area contributed by atoms with Crippen LogP contribution in [0.4, 0.5) is 0 Å². The van der Waals surface area contributed by atoms with Gasteiger partial charge in [-0.15, -0.1) is 0 Å². The molecule has 0 aliphatic rings. The van der Waals surface area contributed by atoms with Crippen molar-refractivity contribution < 1.29 is 4.79 Å². The maximum atomic E-state index is 10.9. The molecule has 0 saturated heterocycles. The number of nitrogens with zero attached hydrogens (tertiary/aromatic N) is 1. The lowest BCUT2D eigenvalue weighted by atomic mass is 10.3. The highest BCUT2D eigenvalue weighted by atomic mass is 16.1. The van der Waals surface area contributed by atoms with Gasteiger partial charge in [0.2, 0.25) is 0 Å². The third kappa shape index (κ3) is 3.39. The molecule has 66 valence electrons. The van der Waals surface area contributed by atoms with E-state index in [0.29, 0.717) is 6.54 Å². The average molecular weight is 174 g/mol. The van der Waals surface area contributed by atoms with Gasteiger partial charge in [0.1, 0.15) is 0 Å². The Labute approximate surface area is 77.2 Å². The molecule has 3 heteroatoms. The second-order valence-corrected chi connectivity index (χ2v) is 2.38. The van der Waals surface area contributed by atoms with E-state index >= 15 is 0 Å². The normalized spacial score (nSPS) is 8.38. The van der Waals surface area contributed by atoms with Gasteiger partial charge >= 0.3 is 0 Å². The Kier molecular flexibility index (Phi) is 3.52. The van der Waals surface area contributed by atoms with E-state index in [0.717, 1.165) is 5.69 Å². The molecular formula is C10H10N2O. The van der Waals surface area contributed by atoms with Gasteiger partial charge in [0.15, 0.2) is 0 Å². The van der Waals surface area contributed by atoms with Crippen molar-refractivity contribution >= 4 is 5.91 Å². The fraction of sp³-hybridized carbons (Fsp3) is 0.200. The molecule has 0 fully saturated rings. The summed E-state index contributed by atoms with van der Waals surface area (Å²) in [5, 5.41) is 2.62. The van der Waals surface area contributed by atoms with Crippen molar-refractivity contribution in [2.75, 3.05) is 0 Å². The van der Waals surface area contributed by atoms with Gasteiger partial charge in [-0.1, -0.05) is 12.0 Å². The molecule has 0 radical (unpaired) electrons. The first-order valence-corrected chi connectivity index (χ1v) is 3.93. The molecule has 0 saturated carbocycles. The Bertz CT molecular complexity index is 335. The quantitative estimate of drug-likeness (QED) is 0.671. The predicted molar refractivity (Wildman–Crippen MR) is 49.5 cm³/mol. The van der Waals surface area contributed by atoms with E-state index in [2.05, 4.69) is 22.1 Å². The first-order chi connectivity index (χ1) is 6.33. The van der Waals surface area contributed by atoms with Crippen molar-refractivity contribution in [2.24, 2.45) is 0 Å². The van der Waals surface area contributed by atoms with Crippen LogP contribution in [-0.2, 0) is 11.3 Å². The van der Waals surface area contributed by atoms with Gasteiger partial charge < -0.3 is 5.32 Å². The molecule has 0 aliphatic carbocycles. The van der Waals surface area contributed by atoms with Crippen LogP contribution in [0.25, 0.3) is 0 Å². The van der Waals surface area contributed by atoms with Crippen molar-refractivity contribution in [3.05, 3.63) is 30.1 Å². The third-order valence-corrected chi connectivity index (χ3v) is 1.39. The molecule has 1 aromatic rings. The Hall–Kier alpha value is -1.82. The summed E-state index contributed by atoms with van der Waals surface area (Å²) in [6, 6.07) is 5.55. The molecule has 1 amide bonds. The minimum Gasteiger partial charge on any atom is -0.340 e. The highest BCUT2D eigenvalue weighted by molar-refractivity contribution is 5.93. The van der Waals surface area contributed by atoms with Gasteiger partial charge in [-0.05, 0) is 25.0 Å². The lowest BCUT2D eigenvalue weighted by Crippen LogP contribution is -2.21. The van der Waals surface area contributed by atoms with Crippen molar-refractivity contribution in [2.45, 2.75) is 13.5 Å². The summed E-state index contributed by atoms with van der Waals surface area (Å²) in [5.41, 5.74) is 0.828. The van der Waals surface area contributed by atoms with Crippen LogP contribution < -0.4 is 5.32 Å². The highest BCUT2D eigenvalue weighted by Gasteiger charge is 1.95. The SMILES string of the molecule is CC#CC(=O)NCc1ccccn1. The lowest BCUT2D eigenvalue weighted by molar-refractivity contribution is -0.115. The van der Waals surface area contributed by atoms with E-state index in [-0.39, 0.29) is 5.91 Å². The Morgan fingerprint density at radius 2 is 2.46 bits per heavy atom. The van der Waals surface area contributed by atoms with Crippen molar-refractivity contribution in [1.29, 1.82) is 0 Å². The molecule has 1 heterocycles. The zero-order chi connectivity index (χ0) is 9.52. The number of pyridine rings is 1. The van der Waals surface area contributed by atoms with Gasteiger partial charge in [-0.25, -0.2) is 0 Å². The maximum Gasteiger partial charge on any atom is 0.296 e. The van der Waals surface area contributed by atoms with Crippen LogP contribution in [0.3, 0.4) is 0 Å². The van der Waals surface area contributed by atoms with E-state index in [1.54, 1.807) is 13.1 Å². The number of hydrogen-bond acceptors (Lipinski definition) is 2. The fourth-order valence-corrected chi connectivity index (χ4v) is 0.831. The second kappa shape index (κ2) is 4.94. The average Bonchev–Trinajstić information content (AvgIpc) is 2.17. The molecule has 0 bridgehead atoms. The molecule has 0 aliphatic heterocycles. The van der Waals surface area contributed by atoms with Crippen LogP contribution in [-0.4, -0.2) is 10.9 Å². The van der Waals surface area contributed by atoms with Gasteiger partial charge in [-0.2, -0.15) is 0 Å².